The molecule has 0 saturated heterocycles. The van der Waals surface area contributed by atoms with Crippen molar-refractivity contribution in [1.29, 1.82) is 0 Å². The summed E-state index contributed by atoms with van der Waals surface area (Å²) < 4.78 is 19.0. The van der Waals surface area contributed by atoms with E-state index in [2.05, 4.69) is 26.2 Å². The molecule has 1 heterocycles. The molecular formula is C11H10BrFN2O. The van der Waals surface area contributed by atoms with Crippen molar-refractivity contribution in [2.24, 2.45) is 0 Å². The molecule has 0 aliphatic carbocycles. The molecule has 0 radical (unpaired) electrons. The predicted octanol–water partition coefficient (Wildman–Crippen LogP) is 2.96. The van der Waals surface area contributed by atoms with Crippen LogP contribution in [0.5, 0.6) is 0 Å². The lowest BCUT2D eigenvalue weighted by molar-refractivity contribution is 0.569. The van der Waals surface area contributed by atoms with Gasteiger partial charge in [-0.1, -0.05) is 0 Å². The van der Waals surface area contributed by atoms with E-state index in [0.717, 1.165) is 5.69 Å². The van der Waals surface area contributed by atoms with Crippen LogP contribution in [0.1, 0.15) is 5.69 Å². The van der Waals surface area contributed by atoms with E-state index in [9.17, 15) is 4.39 Å². The molecule has 0 fully saturated rings. The molecule has 0 unspecified atom stereocenters. The Labute approximate surface area is 101 Å². The largest absolute Gasteiger partial charge is 0.444 e. The van der Waals surface area contributed by atoms with Crippen LogP contribution in [0.2, 0.25) is 0 Å². The average molecular weight is 285 g/mol. The Kier molecular flexibility index (Phi) is 3.36. The molecule has 0 spiro atoms. The van der Waals surface area contributed by atoms with Gasteiger partial charge in [0.15, 0.2) is 0 Å². The van der Waals surface area contributed by atoms with Gasteiger partial charge in [-0.2, -0.15) is 0 Å². The Morgan fingerprint density at radius 2 is 2.31 bits per heavy atom. The van der Waals surface area contributed by atoms with Crippen molar-refractivity contribution < 1.29 is 8.81 Å². The number of halogens is 2. The van der Waals surface area contributed by atoms with Crippen LogP contribution in [0.25, 0.3) is 11.5 Å². The van der Waals surface area contributed by atoms with Crippen molar-refractivity contribution in [2.75, 3.05) is 7.05 Å². The maximum absolute atomic E-state index is 13.3. The van der Waals surface area contributed by atoms with E-state index in [4.69, 9.17) is 4.42 Å². The van der Waals surface area contributed by atoms with Crippen LogP contribution in [0.4, 0.5) is 4.39 Å². The molecule has 1 aromatic carbocycles. The van der Waals surface area contributed by atoms with Gasteiger partial charge in [0.25, 0.3) is 0 Å². The van der Waals surface area contributed by atoms with E-state index < -0.39 is 0 Å². The number of oxazole rings is 1. The van der Waals surface area contributed by atoms with E-state index in [0.29, 0.717) is 22.5 Å². The van der Waals surface area contributed by atoms with E-state index in [1.54, 1.807) is 18.4 Å². The third kappa shape index (κ3) is 2.31. The third-order valence-electron chi connectivity index (χ3n) is 2.08. The molecule has 0 aliphatic heterocycles. The molecule has 3 nitrogen and oxygen atoms in total. The maximum atomic E-state index is 13.3. The molecule has 2 rings (SSSR count). The minimum absolute atomic E-state index is 0.328. The van der Waals surface area contributed by atoms with Crippen LogP contribution in [0.15, 0.2) is 33.4 Å². The molecule has 84 valence electrons. The number of nitrogens with one attached hydrogen (secondary N) is 1. The van der Waals surface area contributed by atoms with Crippen molar-refractivity contribution in [2.45, 2.75) is 6.54 Å². The predicted molar refractivity (Wildman–Crippen MR) is 62.4 cm³/mol. The number of nitrogens with zero attached hydrogens (tertiary/aromatic N) is 1. The lowest BCUT2D eigenvalue weighted by Gasteiger charge is -1.97. The highest BCUT2D eigenvalue weighted by Crippen LogP contribution is 2.23. The normalized spacial score (nSPS) is 10.7. The van der Waals surface area contributed by atoms with Gasteiger partial charge >= 0.3 is 0 Å². The first-order valence-electron chi connectivity index (χ1n) is 4.75. The molecule has 0 saturated carbocycles. The highest BCUT2D eigenvalue weighted by atomic mass is 79.9. The van der Waals surface area contributed by atoms with Crippen molar-refractivity contribution >= 4 is 15.9 Å². The SMILES string of the molecule is CNCc1coc(-c2ccc(Br)c(F)c2)n1. The Bertz CT molecular complexity index is 498. The summed E-state index contributed by atoms with van der Waals surface area (Å²) in [5.74, 6) is 0.0996. The highest BCUT2D eigenvalue weighted by molar-refractivity contribution is 9.10. The summed E-state index contributed by atoms with van der Waals surface area (Å²) in [7, 11) is 1.83. The first-order valence-corrected chi connectivity index (χ1v) is 5.54. The molecule has 1 aromatic heterocycles. The summed E-state index contributed by atoms with van der Waals surface area (Å²) >= 11 is 3.10. The molecule has 0 bridgehead atoms. The van der Waals surface area contributed by atoms with Crippen LogP contribution >= 0.6 is 15.9 Å². The van der Waals surface area contributed by atoms with E-state index in [-0.39, 0.29) is 5.82 Å². The minimum atomic E-state index is -0.328. The molecule has 0 atom stereocenters. The van der Waals surface area contributed by atoms with Crippen LogP contribution in [0, 0.1) is 5.82 Å². The zero-order valence-corrected chi connectivity index (χ0v) is 10.2. The zero-order valence-electron chi connectivity index (χ0n) is 8.63. The Hall–Kier alpha value is -1.20. The fourth-order valence-electron chi connectivity index (χ4n) is 1.33. The zero-order chi connectivity index (χ0) is 11.5. The van der Waals surface area contributed by atoms with E-state index in [1.165, 1.54) is 6.07 Å². The molecule has 2 aromatic rings. The summed E-state index contributed by atoms with van der Waals surface area (Å²) in [6, 6.07) is 4.77. The quantitative estimate of drug-likeness (QED) is 0.942. The van der Waals surface area contributed by atoms with Gasteiger partial charge in [-0.05, 0) is 41.2 Å². The third-order valence-corrected chi connectivity index (χ3v) is 2.72. The first-order chi connectivity index (χ1) is 7.70. The molecule has 0 aliphatic rings. The monoisotopic (exact) mass is 284 g/mol. The van der Waals surface area contributed by atoms with Crippen molar-refractivity contribution in [3.05, 3.63) is 40.4 Å². The van der Waals surface area contributed by atoms with Crippen molar-refractivity contribution in [3.63, 3.8) is 0 Å². The summed E-state index contributed by atoms with van der Waals surface area (Å²) in [6.07, 6.45) is 1.56. The maximum Gasteiger partial charge on any atom is 0.226 e. The molecule has 5 heteroatoms. The van der Waals surface area contributed by atoms with Gasteiger partial charge < -0.3 is 9.73 Å². The van der Waals surface area contributed by atoms with Crippen molar-refractivity contribution in [3.8, 4) is 11.5 Å². The highest BCUT2D eigenvalue weighted by Gasteiger charge is 2.08. The van der Waals surface area contributed by atoms with Crippen LogP contribution in [0.3, 0.4) is 0 Å². The van der Waals surface area contributed by atoms with Crippen LogP contribution in [-0.4, -0.2) is 12.0 Å². The number of hydrogen-bond acceptors (Lipinski definition) is 3. The van der Waals surface area contributed by atoms with Gasteiger partial charge in [-0.15, -0.1) is 0 Å². The molecule has 1 N–H and O–H groups in total. The summed E-state index contributed by atoms with van der Waals surface area (Å²) in [5.41, 5.74) is 1.42. The molecular weight excluding hydrogens is 275 g/mol. The fraction of sp³-hybridized carbons (Fsp3) is 0.182. The summed E-state index contributed by atoms with van der Waals surface area (Å²) in [6.45, 7) is 0.627. The topological polar surface area (TPSA) is 38.1 Å². The fourth-order valence-corrected chi connectivity index (χ4v) is 1.58. The summed E-state index contributed by atoms with van der Waals surface area (Å²) in [4.78, 5) is 4.23. The second kappa shape index (κ2) is 4.76. The Morgan fingerprint density at radius 1 is 1.50 bits per heavy atom. The van der Waals surface area contributed by atoms with Gasteiger partial charge in [-0.3, -0.25) is 0 Å². The first kappa shape index (κ1) is 11.3. The van der Waals surface area contributed by atoms with Gasteiger partial charge in [0.2, 0.25) is 5.89 Å². The van der Waals surface area contributed by atoms with Gasteiger partial charge in [0.05, 0.1) is 10.2 Å². The lowest BCUT2D eigenvalue weighted by Crippen LogP contribution is -2.04. The lowest BCUT2D eigenvalue weighted by atomic mass is 10.2. The number of rotatable bonds is 3. The van der Waals surface area contributed by atoms with Gasteiger partial charge in [0.1, 0.15) is 12.1 Å². The molecule has 0 amide bonds. The number of benzene rings is 1. The Morgan fingerprint density at radius 3 is 3.00 bits per heavy atom. The van der Waals surface area contributed by atoms with E-state index in [1.807, 2.05) is 7.05 Å². The molecule has 16 heavy (non-hydrogen) atoms. The number of hydrogen-bond donors (Lipinski definition) is 1. The Balaban J connectivity index is 2.31. The van der Waals surface area contributed by atoms with Crippen LogP contribution < -0.4 is 5.32 Å². The second-order valence-electron chi connectivity index (χ2n) is 3.30. The average Bonchev–Trinajstić information content (AvgIpc) is 2.71. The second-order valence-corrected chi connectivity index (χ2v) is 4.16. The number of aromatic nitrogens is 1. The van der Waals surface area contributed by atoms with Gasteiger partial charge in [-0.25, -0.2) is 9.37 Å². The van der Waals surface area contributed by atoms with Crippen LogP contribution in [-0.2, 0) is 6.54 Å². The van der Waals surface area contributed by atoms with Crippen molar-refractivity contribution in [1.82, 2.24) is 10.3 Å². The standard InChI is InChI=1S/C11H10BrFN2O/c1-14-5-8-6-16-11(15-8)7-2-3-9(12)10(13)4-7/h2-4,6,14H,5H2,1H3. The summed E-state index contributed by atoms with van der Waals surface area (Å²) in [5, 5.41) is 2.97. The van der Waals surface area contributed by atoms with E-state index >= 15 is 0 Å². The minimum Gasteiger partial charge on any atom is -0.444 e. The van der Waals surface area contributed by atoms with Gasteiger partial charge in [0, 0.05) is 12.1 Å². The smallest absolute Gasteiger partial charge is 0.226 e.